The lowest BCUT2D eigenvalue weighted by molar-refractivity contribution is -0.125. The Hall–Kier alpha value is -2.93. The number of rotatable bonds is 5. The summed E-state index contributed by atoms with van der Waals surface area (Å²) < 4.78 is 1.95. The van der Waals surface area contributed by atoms with Gasteiger partial charge in [-0.1, -0.05) is 30.3 Å². The molecule has 2 N–H and O–H groups in total. The van der Waals surface area contributed by atoms with Gasteiger partial charge in [-0.05, 0) is 18.6 Å². The number of aromatic nitrogens is 2. The van der Waals surface area contributed by atoms with Crippen molar-refractivity contribution in [2.75, 3.05) is 4.90 Å². The van der Waals surface area contributed by atoms with Gasteiger partial charge in [-0.3, -0.25) is 20.2 Å². The van der Waals surface area contributed by atoms with E-state index in [1.54, 1.807) is 0 Å². The molecule has 26 heavy (non-hydrogen) atoms. The Kier molecular flexibility index (Phi) is 4.30. The second-order valence-electron chi connectivity index (χ2n) is 6.51. The van der Waals surface area contributed by atoms with Crippen molar-refractivity contribution in [3.8, 4) is 0 Å². The topological polar surface area (TPSA) is 79.3 Å². The van der Waals surface area contributed by atoms with Crippen LogP contribution >= 0.6 is 0 Å². The van der Waals surface area contributed by atoms with Crippen LogP contribution < -0.4 is 15.5 Å². The molecule has 2 aliphatic rings. The summed E-state index contributed by atoms with van der Waals surface area (Å²) in [6.07, 6.45) is 6.05. The summed E-state index contributed by atoms with van der Waals surface area (Å²) in [7, 11) is 0. The Morgan fingerprint density at radius 2 is 2.08 bits per heavy atom. The minimum atomic E-state index is -0.504. The third-order valence-electron chi connectivity index (χ3n) is 4.75. The number of aryl methyl sites for hydroxylation is 1. The van der Waals surface area contributed by atoms with E-state index in [9.17, 15) is 9.59 Å². The number of anilines is 1. The zero-order valence-electron chi connectivity index (χ0n) is 14.6. The van der Waals surface area contributed by atoms with Gasteiger partial charge in [0.1, 0.15) is 5.82 Å². The van der Waals surface area contributed by atoms with Crippen LogP contribution in [0.25, 0.3) is 0 Å². The summed E-state index contributed by atoms with van der Waals surface area (Å²) in [4.78, 5) is 25.5. The van der Waals surface area contributed by atoms with Crippen LogP contribution in [0.15, 0.2) is 48.8 Å². The first-order valence-corrected chi connectivity index (χ1v) is 8.80. The predicted octanol–water partition coefficient (Wildman–Crippen LogP) is 1.48. The maximum Gasteiger partial charge on any atom is 0.244 e. The third kappa shape index (κ3) is 3.01. The minimum Gasteiger partial charge on any atom is -0.329 e. The molecule has 1 aromatic carbocycles. The van der Waals surface area contributed by atoms with Gasteiger partial charge in [0.15, 0.2) is 0 Å². The van der Waals surface area contributed by atoms with Gasteiger partial charge in [0.25, 0.3) is 0 Å². The van der Waals surface area contributed by atoms with E-state index in [2.05, 4.69) is 39.7 Å². The van der Waals surface area contributed by atoms with E-state index >= 15 is 0 Å². The zero-order valence-corrected chi connectivity index (χ0v) is 14.6. The van der Waals surface area contributed by atoms with Crippen LogP contribution in [0.2, 0.25) is 0 Å². The molecular formula is C19H21N5O2. The van der Waals surface area contributed by atoms with Crippen LogP contribution in [-0.2, 0) is 22.7 Å². The molecule has 1 saturated heterocycles. The number of benzene rings is 1. The van der Waals surface area contributed by atoms with Gasteiger partial charge < -0.3 is 4.90 Å². The number of nitrogens with one attached hydrogen (secondary N) is 2. The molecule has 0 saturated carbocycles. The number of nitrogens with zero attached hydrogens (tertiary/aromatic N) is 3. The van der Waals surface area contributed by atoms with Crippen molar-refractivity contribution in [1.82, 2.24) is 20.4 Å². The molecule has 1 fully saturated rings. The Bertz CT molecular complexity index is 858. The molecule has 0 spiro atoms. The van der Waals surface area contributed by atoms with E-state index < -0.39 is 6.04 Å². The number of carbonyl (C=O) groups excluding carboxylic acids is 2. The van der Waals surface area contributed by atoms with Gasteiger partial charge in [-0.25, -0.2) is 4.68 Å². The van der Waals surface area contributed by atoms with E-state index in [4.69, 9.17) is 0 Å². The minimum absolute atomic E-state index is 0.154. The van der Waals surface area contributed by atoms with Gasteiger partial charge in [0, 0.05) is 24.9 Å². The van der Waals surface area contributed by atoms with Crippen molar-refractivity contribution in [3.63, 3.8) is 0 Å². The summed E-state index contributed by atoms with van der Waals surface area (Å²) >= 11 is 0. The molecular weight excluding hydrogens is 330 g/mol. The quantitative estimate of drug-likeness (QED) is 0.798. The maximum absolute atomic E-state index is 11.9. The molecule has 1 aromatic heterocycles. The average molecular weight is 351 g/mol. The highest BCUT2D eigenvalue weighted by atomic mass is 16.2. The second kappa shape index (κ2) is 6.76. The standard InChI is InChI=1S/C19H21N5O2/c1-2-24-19-14(11-20-24)15(21-16-10-17(25)22-18(16)26)8-9-23(19)12-13-6-4-3-5-7-13/h3-9,11,15-16,21H,2,10,12H2,1H3,(H,22,25,26). The lowest BCUT2D eigenvalue weighted by atomic mass is 10.0. The van der Waals surface area contributed by atoms with Gasteiger partial charge in [-0.2, -0.15) is 5.10 Å². The van der Waals surface area contributed by atoms with Gasteiger partial charge in [0.05, 0.1) is 24.7 Å². The number of hydrogen-bond acceptors (Lipinski definition) is 5. The Morgan fingerprint density at radius 3 is 2.77 bits per heavy atom. The average Bonchev–Trinajstić information content (AvgIpc) is 3.21. The van der Waals surface area contributed by atoms with Crippen LogP contribution in [0.4, 0.5) is 5.82 Å². The molecule has 2 amide bonds. The number of fused-ring (bicyclic) bond motifs is 1. The fourth-order valence-corrected chi connectivity index (χ4v) is 3.48. The predicted molar refractivity (Wildman–Crippen MR) is 97.1 cm³/mol. The highest BCUT2D eigenvalue weighted by Crippen LogP contribution is 2.33. The Labute approximate surface area is 151 Å². The third-order valence-corrected chi connectivity index (χ3v) is 4.75. The van der Waals surface area contributed by atoms with Gasteiger partial charge in [-0.15, -0.1) is 0 Å². The normalized spacial score (nSPS) is 21.8. The van der Waals surface area contributed by atoms with Crippen molar-refractivity contribution in [1.29, 1.82) is 0 Å². The molecule has 0 aliphatic carbocycles. The molecule has 2 atom stereocenters. The first kappa shape index (κ1) is 16.5. The summed E-state index contributed by atoms with van der Waals surface area (Å²) in [5.41, 5.74) is 2.22. The first-order chi connectivity index (χ1) is 12.7. The molecule has 0 radical (unpaired) electrons. The van der Waals surface area contributed by atoms with Gasteiger partial charge in [0.2, 0.25) is 11.8 Å². The smallest absolute Gasteiger partial charge is 0.244 e. The van der Waals surface area contributed by atoms with Crippen LogP contribution in [0.3, 0.4) is 0 Å². The molecule has 0 bridgehead atoms. The number of carbonyl (C=O) groups is 2. The first-order valence-electron chi connectivity index (χ1n) is 8.80. The SMILES string of the molecule is CCn1ncc2c1N(Cc1ccccc1)C=CC2NC1CC(=O)NC1=O. The number of hydrogen-bond donors (Lipinski definition) is 2. The largest absolute Gasteiger partial charge is 0.329 e. The monoisotopic (exact) mass is 351 g/mol. The van der Waals surface area contributed by atoms with Crippen LogP contribution in [-0.4, -0.2) is 27.6 Å². The fourth-order valence-electron chi connectivity index (χ4n) is 3.48. The summed E-state index contributed by atoms with van der Waals surface area (Å²) in [5.74, 6) is 0.517. The van der Waals surface area contributed by atoms with Crippen LogP contribution in [0.1, 0.15) is 30.5 Å². The molecule has 2 unspecified atom stereocenters. The van der Waals surface area contributed by atoms with E-state index in [1.165, 1.54) is 5.56 Å². The van der Waals surface area contributed by atoms with Crippen LogP contribution in [0.5, 0.6) is 0 Å². The fraction of sp³-hybridized carbons (Fsp3) is 0.316. The van der Waals surface area contributed by atoms with E-state index in [0.29, 0.717) is 0 Å². The van der Waals surface area contributed by atoms with Crippen molar-refractivity contribution >= 4 is 17.6 Å². The van der Waals surface area contributed by atoms with E-state index in [-0.39, 0.29) is 24.3 Å². The Balaban J connectivity index is 1.60. The number of imide groups is 1. The summed E-state index contributed by atoms with van der Waals surface area (Å²) in [6.45, 7) is 3.55. The maximum atomic E-state index is 11.9. The molecule has 2 aliphatic heterocycles. The van der Waals surface area contributed by atoms with Crippen molar-refractivity contribution in [2.24, 2.45) is 0 Å². The van der Waals surface area contributed by atoms with Crippen molar-refractivity contribution < 1.29 is 9.59 Å². The molecule has 7 nitrogen and oxygen atoms in total. The lowest BCUT2D eigenvalue weighted by Crippen LogP contribution is -2.39. The van der Waals surface area contributed by atoms with E-state index in [1.807, 2.05) is 41.4 Å². The zero-order chi connectivity index (χ0) is 18.1. The molecule has 7 heteroatoms. The molecule has 3 heterocycles. The summed E-state index contributed by atoms with van der Waals surface area (Å²) in [6, 6.07) is 9.60. The lowest BCUT2D eigenvalue weighted by Gasteiger charge is -2.30. The summed E-state index contributed by atoms with van der Waals surface area (Å²) in [5, 5.41) is 10.1. The van der Waals surface area contributed by atoms with Crippen molar-refractivity contribution in [2.45, 2.75) is 38.5 Å². The molecule has 134 valence electrons. The highest BCUT2D eigenvalue weighted by molar-refractivity contribution is 6.05. The second-order valence-corrected chi connectivity index (χ2v) is 6.51. The van der Waals surface area contributed by atoms with E-state index in [0.717, 1.165) is 24.5 Å². The Morgan fingerprint density at radius 1 is 1.27 bits per heavy atom. The molecule has 2 aromatic rings. The van der Waals surface area contributed by atoms with Crippen molar-refractivity contribution in [3.05, 3.63) is 59.9 Å². The van der Waals surface area contributed by atoms with Crippen LogP contribution in [0, 0.1) is 0 Å². The number of amides is 2. The highest BCUT2D eigenvalue weighted by Gasteiger charge is 2.34. The van der Waals surface area contributed by atoms with Gasteiger partial charge >= 0.3 is 0 Å². The molecule has 4 rings (SSSR count).